The van der Waals surface area contributed by atoms with E-state index >= 15 is 0 Å². The molecule has 3 nitrogen and oxygen atoms in total. The molecule has 0 saturated carbocycles. The molecule has 0 aliphatic heterocycles. The lowest BCUT2D eigenvalue weighted by Gasteiger charge is -2.02. The molecule has 0 aliphatic carbocycles. The van der Waals surface area contributed by atoms with Gasteiger partial charge in [-0.2, -0.15) is 0 Å². The van der Waals surface area contributed by atoms with Crippen molar-refractivity contribution in [3.05, 3.63) is 34.1 Å². The molecule has 0 spiro atoms. The van der Waals surface area contributed by atoms with Crippen LogP contribution < -0.4 is 0 Å². The number of allylic oxidation sites excluding steroid dienone is 2. The van der Waals surface area contributed by atoms with Crippen molar-refractivity contribution in [1.29, 1.82) is 0 Å². The van der Waals surface area contributed by atoms with E-state index in [1.54, 1.807) is 13.1 Å². The summed E-state index contributed by atoms with van der Waals surface area (Å²) >= 11 is 2.19. The highest BCUT2D eigenvalue weighted by Gasteiger charge is 2.07. The number of carbonyl (C=O) groups is 1. The minimum absolute atomic E-state index is 0.141. The van der Waals surface area contributed by atoms with E-state index in [0.29, 0.717) is 18.0 Å². The average Bonchev–Trinajstić information content (AvgIpc) is 2.67. The van der Waals surface area contributed by atoms with Gasteiger partial charge in [-0.05, 0) is 73.8 Å². The number of Topliss-reactive ketones (excluding diaryl/α,β-unsaturated/α-hetero) is 1. The predicted molar refractivity (Wildman–Crippen MR) is 125 cm³/mol. The van der Waals surface area contributed by atoms with E-state index in [2.05, 4.69) is 51.6 Å². The van der Waals surface area contributed by atoms with Crippen molar-refractivity contribution in [2.75, 3.05) is 0 Å². The van der Waals surface area contributed by atoms with Crippen LogP contribution >= 0.6 is 22.6 Å². The minimum atomic E-state index is 0.141. The van der Waals surface area contributed by atoms with Crippen LogP contribution in [0.15, 0.2) is 35.5 Å². The van der Waals surface area contributed by atoms with Crippen LogP contribution in [0.3, 0.4) is 0 Å². The van der Waals surface area contributed by atoms with Crippen molar-refractivity contribution < 1.29 is 4.79 Å². The lowest BCUT2D eigenvalue weighted by Crippen LogP contribution is -2.09. The maximum absolute atomic E-state index is 12.2. The third-order valence-corrected chi connectivity index (χ3v) is 5.42. The molecule has 4 heteroatoms. The lowest BCUT2D eigenvalue weighted by molar-refractivity contribution is -0.113. The average molecular weight is 482 g/mol. The van der Waals surface area contributed by atoms with Gasteiger partial charge in [0, 0.05) is 12.6 Å². The smallest absolute Gasteiger partial charge is 0.176 e. The lowest BCUT2D eigenvalue weighted by atomic mass is 10.1. The molecule has 0 aliphatic rings. The van der Waals surface area contributed by atoms with Gasteiger partial charge < -0.3 is 0 Å². The van der Waals surface area contributed by atoms with Crippen LogP contribution in [0.1, 0.15) is 90.9 Å². The molecule has 0 fully saturated rings. The number of carbonyl (C=O) groups excluding carboxylic acids is 1. The highest BCUT2D eigenvalue weighted by atomic mass is 127. The third kappa shape index (κ3) is 12.1. The second-order valence-corrected chi connectivity index (χ2v) is 8.22. The maximum Gasteiger partial charge on any atom is 0.176 e. The molecule has 27 heavy (non-hydrogen) atoms. The summed E-state index contributed by atoms with van der Waals surface area (Å²) in [6.07, 6.45) is 20.6. The van der Waals surface area contributed by atoms with E-state index in [9.17, 15) is 4.79 Å². The van der Waals surface area contributed by atoms with Crippen molar-refractivity contribution in [3.63, 3.8) is 0 Å². The first-order valence-corrected chi connectivity index (χ1v) is 11.6. The Labute approximate surface area is 179 Å². The molecule has 1 heterocycles. The third-order valence-electron chi connectivity index (χ3n) is 4.58. The molecule has 0 bridgehead atoms. The fourth-order valence-corrected chi connectivity index (χ4v) is 3.33. The largest absolute Gasteiger partial charge is 0.293 e. The summed E-state index contributed by atoms with van der Waals surface area (Å²) in [6, 6.07) is 3.83. The van der Waals surface area contributed by atoms with E-state index < -0.39 is 0 Å². The standard InChI is InChI=1S/C23H35IN2O/c1-3-4-5-6-7-8-9-10-11-12-13-14-15-18-22(27)20(2)26-23-21(24)17-16-19-25-23/h8-9,16-17,19H,3-7,10-15,18H2,1-2H3/b9-8-,26-20?. The van der Waals surface area contributed by atoms with Crippen molar-refractivity contribution in [3.8, 4) is 0 Å². The second-order valence-electron chi connectivity index (χ2n) is 7.06. The number of unbranched alkanes of at least 4 members (excludes halogenated alkanes) is 9. The summed E-state index contributed by atoms with van der Waals surface area (Å²) in [5, 5.41) is 0. The topological polar surface area (TPSA) is 42.3 Å². The molecule has 1 aromatic heterocycles. The van der Waals surface area contributed by atoms with Gasteiger partial charge in [-0.15, -0.1) is 0 Å². The Kier molecular flexibility index (Phi) is 14.2. The Bertz CT molecular complexity index is 596. The van der Waals surface area contributed by atoms with E-state index in [1.807, 2.05) is 12.1 Å². The minimum Gasteiger partial charge on any atom is -0.293 e. The Morgan fingerprint density at radius 1 is 1.04 bits per heavy atom. The molecule has 0 aromatic carbocycles. The molecule has 0 unspecified atom stereocenters. The van der Waals surface area contributed by atoms with Crippen LogP contribution in [0.25, 0.3) is 0 Å². The zero-order chi connectivity index (χ0) is 19.7. The van der Waals surface area contributed by atoms with Crippen LogP contribution in [0, 0.1) is 3.57 Å². The monoisotopic (exact) mass is 482 g/mol. The van der Waals surface area contributed by atoms with Gasteiger partial charge in [-0.1, -0.05) is 57.6 Å². The molecule has 0 N–H and O–H groups in total. The zero-order valence-corrected chi connectivity index (χ0v) is 19.2. The maximum atomic E-state index is 12.2. The van der Waals surface area contributed by atoms with Gasteiger partial charge >= 0.3 is 0 Å². The highest BCUT2D eigenvalue weighted by molar-refractivity contribution is 14.1. The van der Waals surface area contributed by atoms with Crippen LogP contribution in [0.4, 0.5) is 5.82 Å². The number of halogens is 1. The SMILES string of the molecule is CCCCCC/C=C\CCCCCCCC(=O)C(C)=Nc1ncccc1I. The summed E-state index contributed by atoms with van der Waals surface area (Å²) in [4.78, 5) is 20.8. The van der Waals surface area contributed by atoms with Crippen molar-refractivity contribution in [2.45, 2.75) is 90.9 Å². The number of pyridine rings is 1. The summed E-state index contributed by atoms with van der Waals surface area (Å²) in [7, 11) is 0. The number of nitrogens with zero attached hydrogens (tertiary/aromatic N) is 2. The van der Waals surface area contributed by atoms with Crippen LogP contribution in [0.2, 0.25) is 0 Å². The predicted octanol–water partition coefficient (Wildman–Crippen LogP) is 7.61. The Morgan fingerprint density at radius 2 is 1.67 bits per heavy atom. The van der Waals surface area contributed by atoms with Crippen LogP contribution in [0.5, 0.6) is 0 Å². The van der Waals surface area contributed by atoms with Crippen molar-refractivity contribution in [1.82, 2.24) is 4.98 Å². The van der Waals surface area contributed by atoms with E-state index in [0.717, 1.165) is 16.4 Å². The quantitative estimate of drug-likeness (QED) is 0.112. The first kappa shape index (κ1) is 24.0. The number of hydrogen-bond donors (Lipinski definition) is 0. The van der Waals surface area contributed by atoms with E-state index in [-0.39, 0.29) is 5.78 Å². The van der Waals surface area contributed by atoms with Gasteiger partial charge in [0.15, 0.2) is 11.6 Å². The van der Waals surface area contributed by atoms with E-state index in [4.69, 9.17) is 0 Å². The normalized spacial score (nSPS) is 12.0. The fraction of sp³-hybridized carbons (Fsp3) is 0.609. The Hall–Kier alpha value is -1.04. The number of ketones is 1. The summed E-state index contributed by atoms with van der Waals surface area (Å²) in [5.74, 6) is 0.782. The van der Waals surface area contributed by atoms with Crippen LogP contribution in [-0.4, -0.2) is 16.5 Å². The molecule has 0 radical (unpaired) electrons. The number of aliphatic imine (C=N–C) groups is 1. The van der Waals surface area contributed by atoms with Gasteiger partial charge in [0.2, 0.25) is 0 Å². The van der Waals surface area contributed by atoms with Gasteiger partial charge in [-0.3, -0.25) is 4.79 Å². The number of aromatic nitrogens is 1. The van der Waals surface area contributed by atoms with Gasteiger partial charge in [0.1, 0.15) is 0 Å². The molecule has 1 rings (SSSR count). The highest BCUT2D eigenvalue weighted by Crippen LogP contribution is 2.18. The first-order chi connectivity index (χ1) is 13.1. The summed E-state index contributed by atoms with van der Waals surface area (Å²) in [6.45, 7) is 4.05. The molecular weight excluding hydrogens is 447 g/mol. The number of rotatable bonds is 15. The molecule has 0 amide bonds. The van der Waals surface area contributed by atoms with E-state index in [1.165, 1.54) is 57.8 Å². The Morgan fingerprint density at radius 3 is 2.33 bits per heavy atom. The van der Waals surface area contributed by atoms with Crippen LogP contribution in [-0.2, 0) is 4.79 Å². The summed E-state index contributed by atoms with van der Waals surface area (Å²) in [5.41, 5.74) is 0.565. The second kappa shape index (κ2) is 16.0. The molecular formula is C23H35IN2O. The van der Waals surface area contributed by atoms with Gasteiger partial charge in [0.05, 0.1) is 9.28 Å². The number of hydrogen-bond acceptors (Lipinski definition) is 3. The van der Waals surface area contributed by atoms with Crippen molar-refractivity contribution in [2.24, 2.45) is 4.99 Å². The zero-order valence-electron chi connectivity index (χ0n) is 17.1. The molecule has 0 atom stereocenters. The Balaban J connectivity index is 2.05. The molecule has 1 aromatic rings. The molecule has 150 valence electrons. The van der Waals surface area contributed by atoms with Gasteiger partial charge in [-0.25, -0.2) is 9.98 Å². The van der Waals surface area contributed by atoms with Crippen molar-refractivity contribution >= 4 is 39.9 Å². The fourth-order valence-electron chi connectivity index (χ4n) is 2.86. The van der Waals surface area contributed by atoms with Gasteiger partial charge in [0.25, 0.3) is 0 Å². The molecule has 0 saturated heterocycles. The first-order valence-electron chi connectivity index (χ1n) is 10.5. The summed E-state index contributed by atoms with van der Waals surface area (Å²) < 4.78 is 0.970.